The van der Waals surface area contributed by atoms with Crippen LogP contribution < -0.4 is 5.73 Å². The summed E-state index contributed by atoms with van der Waals surface area (Å²) in [5, 5.41) is 12.8. The standard InChI is InChI=1S/C11H22N4O/c1-14(6-3-2-4-10-16)8-9-15-7-5-11(12)13-15/h5,7,16H,2-4,6,8-10H2,1H3,(H2,12,13). The molecule has 0 radical (unpaired) electrons. The first-order chi connectivity index (χ1) is 7.72. The Morgan fingerprint density at radius 2 is 2.19 bits per heavy atom. The zero-order valence-corrected chi connectivity index (χ0v) is 9.97. The number of aromatic nitrogens is 2. The Hall–Kier alpha value is -1.07. The third kappa shape index (κ3) is 5.14. The van der Waals surface area contributed by atoms with Crippen molar-refractivity contribution in [1.29, 1.82) is 0 Å². The van der Waals surface area contributed by atoms with Gasteiger partial charge in [0.05, 0.1) is 6.54 Å². The van der Waals surface area contributed by atoms with Crippen molar-refractivity contribution in [2.75, 3.05) is 32.5 Å². The SMILES string of the molecule is CN(CCCCCO)CCn1ccc(N)n1. The molecule has 0 aliphatic carbocycles. The molecule has 0 fully saturated rings. The van der Waals surface area contributed by atoms with Gasteiger partial charge in [-0.1, -0.05) is 0 Å². The molecule has 0 bridgehead atoms. The highest BCUT2D eigenvalue weighted by Crippen LogP contribution is 1.99. The predicted octanol–water partition coefficient (Wildman–Crippen LogP) is 0.560. The molecule has 0 unspecified atom stereocenters. The Kier molecular flexibility index (Phi) is 5.88. The first kappa shape index (κ1) is 13.0. The molecule has 1 aromatic rings. The van der Waals surface area contributed by atoms with Gasteiger partial charge in [0.2, 0.25) is 0 Å². The maximum atomic E-state index is 8.65. The van der Waals surface area contributed by atoms with Crippen LogP contribution in [0.4, 0.5) is 5.82 Å². The molecule has 1 heterocycles. The Bertz CT molecular complexity index is 287. The normalized spacial score (nSPS) is 11.2. The van der Waals surface area contributed by atoms with Crippen molar-refractivity contribution in [3.63, 3.8) is 0 Å². The number of nitrogens with zero attached hydrogens (tertiary/aromatic N) is 3. The highest BCUT2D eigenvalue weighted by atomic mass is 16.2. The molecule has 92 valence electrons. The fraction of sp³-hybridized carbons (Fsp3) is 0.727. The van der Waals surface area contributed by atoms with Gasteiger partial charge in [0.1, 0.15) is 5.82 Å². The van der Waals surface area contributed by atoms with Gasteiger partial charge in [-0.25, -0.2) is 0 Å². The Labute approximate surface area is 96.9 Å². The molecule has 5 nitrogen and oxygen atoms in total. The summed E-state index contributed by atoms with van der Waals surface area (Å²) in [6, 6.07) is 1.81. The zero-order chi connectivity index (χ0) is 11.8. The number of unbranched alkanes of at least 4 members (excludes halogenated alkanes) is 2. The topological polar surface area (TPSA) is 67.3 Å². The molecule has 5 heteroatoms. The van der Waals surface area contributed by atoms with E-state index in [0.29, 0.717) is 12.4 Å². The molecular formula is C11H22N4O. The van der Waals surface area contributed by atoms with Crippen molar-refractivity contribution < 1.29 is 5.11 Å². The minimum absolute atomic E-state index is 0.302. The molecular weight excluding hydrogens is 204 g/mol. The molecule has 0 saturated carbocycles. The number of anilines is 1. The van der Waals surface area contributed by atoms with Gasteiger partial charge in [-0.3, -0.25) is 4.68 Å². The second-order valence-corrected chi connectivity index (χ2v) is 4.09. The largest absolute Gasteiger partial charge is 0.396 e. The molecule has 0 atom stereocenters. The average molecular weight is 226 g/mol. The van der Waals surface area contributed by atoms with Gasteiger partial charge < -0.3 is 15.7 Å². The molecule has 0 spiro atoms. The van der Waals surface area contributed by atoms with Crippen LogP contribution in [0.2, 0.25) is 0 Å². The van der Waals surface area contributed by atoms with Crippen LogP contribution in [0.5, 0.6) is 0 Å². The van der Waals surface area contributed by atoms with Crippen LogP contribution in [0.3, 0.4) is 0 Å². The second kappa shape index (κ2) is 7.24. The predicted molar refractivity (Wildman–Crippen MR) is 65.1 cm³/mol. The van der Waals surface area contributed by atoms with Crippen LogP contribution in [0, 0.1) is 0 Å². The van der Waals surface area contributed by atoms with E-state index in [0.717, 1.165) is 38.9 Å². The van der Waals surface area contributed by atoms with Crippen molar-refractivity contribution in [3.05, 3.63) is 12.3 Å². The minimum Gasteiger partial charge on any atom is -0.396 e. The lowest BCUT2D eigenvalue weighted by atomic mass is 10.2. The fourth-order valence-electron chi connectivity index (χ4n) is 1.56. The number of likely N-dealkylation sites (N-methyl/N-ethyl adjacent to an activating group) is 1. The summed E-state index contributed by atoms with van der Waals surface area (Å²) < 4.78 is 1.86. The van der Waals surface area contributed by atoms with Crippen LogP contribution in [0.25, 0.3) is 0 Å². The quantitative estimate of drug-likeness (QED) is 0.636. The van der Waals surface area contributed by atoms with Crippen LogP contribution in [0.1, 0.15) is 19.3 Å². The lowest BCUT2D eigenvalue weighted by Crippen LogP contribution is -2.24. The van der Waals surface area contributed by atoms with Crippen LogP contribution in [0.15, 0.2) is 12.3 Å². The molecule has 16 heavy (non-hydrogen) atoms. The number of hydrogen-bond acceptors (Lipinski definition) is 4. The number of nitrogens with two attached hydrogens (primary N) is 1. The summed E-state index contributed by atoms with van der Waals surface area (Å²) in [6.45, 7) is 3.21. The van der Waals surface area contributed by atoms with Gasteiger partial charge in [-0.2, -0.15) is 5.10 Å². The minimum atomic E-state index is 0.302. The summed E-state index contributed by atoms with van der Waals surface area (Å²) in [4.78, 5) is 2.27. The number of aliphatic hydroxyl groups excluding tert-OH is 1. The van der Waals surface area contributed by atoms with Gasteiger partial charge in [-0.15, -0.1) is 0 Å². The van der Waals surface area contributed by atoms with Crippen molar-refractivity contribution in [3.8, 4) is 0 Å². The number of rotatable bonds is 8. The molecule has 3 N–H and O–H groups in total. The zero-order valence-electron chi connectivity index (χ0n) is 9.97. The Balaban J connectivity index is 2.08. The van der Waals surface area contributed by atoms with E-state index in [9.17, 15) is 0 Å². The Morgan fingerprint density at radius 3 is 2.81 bits per heavy atom. The van der Waals surface area contributed by atoms with E-state index in [2.05, 4.69) is 17.0 Å². The van der Waals surface area contributed by atoms with E-state index in [1.807, 2.05) is 10.9 Å². The molecule has 1 aromatic heterocycles. The molecule has 1 rings (SSSR count). The van der Waals surface area contributed by atoms with Crippen molar-refractivity contribution in [2.24, 2.45) is 0 Å². The van der Waals surface area contributed by atoms with Crippen molar-refractivity contribution in [2.45, 2.75) is 25.8 Å². The highest BCUT2D eigenvalue weighted by molar-refractivity contribution is 5.23. The summed E-state index contributed by atoms with van der Waals surface area (Å²) in [6.07, 6.45) is 5.03. The fourth-order valence-corrected chi connectivity index (χ4v) is 1.56. The van der Waals surface area contributed by atoms with Crippen LogP contribution in [-0.2, 0) is 6.54 Å². The number of hydrogen-bond donors (Lipinski definition) is 2. The number of nitrogen functional groups attached to an aromatic ring is 1. The van der Waals surface area contributed by atoms with Gasteiger partial charge in [-0.05, 0) is 38.9 Å². The van der Waals surface area contributed by atoms with Crippen molar-refractivity contribution >= 4 is 5.82 Å². The van der Waals surface area contributed by atoms with E-state index in [1.165, 1.54) is 0 Å². The lowest BCUT2D eigenvalue weighted by molar-refractivity contribution is 0.269. The summed E-state index contributed by atoms with van der Waals surface area (Å²) in [7, 11) is 2.10. The number of aliphatic hydroxyl groups is 1. The highest BCUT2D eigenvalue weighted by Gasteiger charge is 1.99. The summed E-state index contributed by atoms with van der Waals surface area (Å²) in [5.41, 5.74) is 5.53. The van der Waals surface area contributed by atoms with Crippen LogP contribution in [-0.4, -0.2) is 46.5 Å². The van der Waals surface area contributed by atoms with E-state index >= 15 is 0 Å². The summed E-state index contributed by atoms with van der Waals surface area (Å²) >= 11 is 0. The molecule has 0 saturated heterocycles. The van der Waals surface area contributed by atoms with E-state index in [4.69, 9.17) is 10.8 Å². The monoisotopic (exact) mass is 226 g/mol. The van der Waals surface area contributed by atoms with Gasteiger partial charge in [0, 0.05) is 19.3 Å². The Morgan fingerprint density at radius 1 is 1.38 bits per heavy atom. The maximum Gasteiger partial charge on any atom is 0.145 e. The third-order valence-corrected chi connectivity index (χ3v) is 2.57. The summed E-state index contributed by atoms with van der Waals surface area (Å²) in [5.74, 6) is 0.575. The van der Waals surface area contributed by atoms with Crippen LogP contribution >= 0.6 is 0 Å². The van der Waals surface area contributed by atoms with Gasteiger partial charge in [0.25, 0.3) is 0 Å². The van der Waals surface area contributed by atoms with Crippen molar-refractivity contribution in [1.82, 2.24) is 14.7 Å². The van der Waals surface area contributed by atoms with E-state index in [1.54, 1.807) is 6.07 Å². The molecule has 0 aromatic carbocycles. The molecule has 0 amide bonds. The lowest BCUT2D eigenvalue weighted by Gasteiger charge is -2.16. The smallest absolute Gasteiger partial charge is 0.145 e. The average Bonchev–Trinajstić information content (AvgIpc) is 2.68. The maximum absolute atomic E-state index is 8.65. The third-order valence-electron chi connectivity index (χ3n) is 2.57. The van der Waals surface area contributed by atoms with E-state index < -0.39 is 0 Å². The molecule has 0 aliphatic heterocycles. The van der Waals surface area contributed by atoms with Gasteiger partial charge >= 0.3 is 0 Å². The first-order valence-corrected chi connectivity index (χ1v) is 5.80. The van der Waals surface area contributed by atoms with Gasteiger partial charge in [0.15, 0.2) is 0 Å². The first-order valence-electron chi connectivity index (χ1n) is 5.80. The second-order valence-electron chi connectivity index (χ2n) is 4.09. The molecule has 0 aliphatic rings. The van der Waals surface area contributed by atoms with E-state index in [-0.39, 0.29) is 0 Å².